The molecule has 0 aromatic heterocycles. The minimum absolute atomic E-state index is 0.216. The third kappa shape index (κ3) is 4.26. The molecule has 1 aromatic carbocycles. The fraction of sp³-hybridized carbons (Fsp3) is 0.619. The first kappa shape index (κ1) is 18.9. The van der Waals surface area contributed by atoms with Crippen molar-refractivity contribution in [3.63, 3.8) is 0 Å². The Morgan fingerprint density at radius 1 is 1.23 bits per heavy atom. The number of carbonyl (C=O) groups is 2. The van der Waals surface area contributed by atoms with E-state index in [1.807, 2.05) is 44.2 Å². The van der Waals surface area contributed by atoms with E-state index < -0.39 is 17.9 Å². The SMILES string of the molecule is CC1(C)O[C@H](C=O)[C@H](CC2CCCCC2)N1C(=O)OCc1ccccc1. The van der Waals surface area contributed by atoms with Gasteiger partial charge in [-0.1, -0.05) is 62.4 Å². The molecule has 1 amide bonds. The second-order valence-electron chi connectivity index (χ2n) is 7.88. The number of aldehydes is 1. The highest BCUT2D eigenvalue weighted by Gasteiger charge is 2.51. The minimum atomic E-state index is -0.849. The molecule has 0 spiro atoms. The highest BCUT2D eigenvalue weighted by Crippen LogP contribution is 2.38. The van der Waals surface area contributed by atoms with Crippen molar-refractivity contribution in [2.45, 2.75) is 76.9 Å². The van der Waals surface area contributed by atoms with Crippen molar-refractivity contribution in [1.29, 1.82) is 0 Å². The summed E-state index contributed by atoms with van der Waals surface area (Å²) in [5.74, 6) is 0.540. The van der Waals surface area contributed by atoms with Gasteiger partial charge in [-0.15, -0.1) is 0 Å². The molecule has 26 heavy (non-hydrogen) atoms. The molecule has 0 unspecified atom stereocenters. The second-order valence-corrected chi connectivity index (χ2v) is 7.88. The molecule has 5 heteroatoms. The number of benzene rings is 1. The van der Waals surface area contributed by atoms with Gasteiger partial charge in [-0.05, 0) is 31.7 Å². The molecule has 2 atom stereocenters. The Hall–Kier alpha value is -1.88. The standard InChI is InChI=1S/C21H29NO4/c1-21(2)22(20(24)25-15-17-11-7-4-8-12-17)18(19(14-23)26-21)13-16-9-5-3-6-10-16/h4,7-8,11-12,14,16,18-19H,3,5-6,9-10,13,15H2,1-2H3/t18-,19+/m0/s1. The molecular formula is C21H29NO4. The molecule has 0 N–H and O–H groups in total. The number of ether oxygens (including phenoxy) is 2. The van der Waals surface area contributed by atoms with Crippen molar-refractivity contribution in [2.75, 3.05) is 0 Å². The third-order valence-corrected chi connectivity index (χ3v) is 5.55. The van der Waals surface area contributed by atoms with E-state index in [4.69, 9.17) is 9.47 Å². The van der Waals surface area contributed by atoms with Crippen LogP contribution in [0.2, 0.25) is 0 Å². The average molecular weight is 359 g/mol. The Labute approximate surface area is 155 Å². The van der Waals surface area contributed by atoms with E-state index in [1.54, 1.807) is 4.90 Å². The maximum absolute atomic E-state index is 12.9. The summed E-state index contributed by atoms with van der Waals surface area (Å²) in [6, 6.07) is 9.35. The van der Waals surface area contributed by atoms with Crippen LogP contribution in [0.5, 0.6) is 0 Å². The van der Waals surface area contributed by atoms with Crippen LogP contribution in [0.15, 0.2) is 30.3 Å². The summed E-state index contributed by atoms with van der Waals surface area (Å²) in [6.07, 6.45) is 6.69. The molecule has 3 rings (SSSR count). The number of rotatable bonds is 5. The van der Waals surface area contributed by atoms with E-state index in [0.29, 0.717) is 5.92 Å². The maximum Gasteiger partial charge on any atom is 0.412 e. The first-order chi connectivity index (χ1) is 12.5. The fourth-order valence-corrected chi connectivity index (χ4v) is 4.28. The van der Waals surface area contributed by atoms with E-state index in [9.17, 15) is 9.59 Å². The third-order valence-electron chi connectivity index (χ3n) is 5.55. The van der Waals surface area contributed by atoms with Gasteiger partial charge in [-0.2, -0.15) is 0 Å². The van der Waals surface area contributed by atoms with E-state index in [0.717, 1.165) is 31.1 Å². The minimum Gasteiger partial charge on any atom is -0.444 e. The Bertz CT molecular complexity index is 610. The van der Waals surface area contributed by atoms with E-state index in [1.165, 1.54) is 19.3 Å². The summed E-state index contributed by atoms with van der Waals surface area (Å²) in [5.41, 5.74) is 0.0909. The van der Waals surface area contributed by atoms with Gasteiger partial charge in [0.2, 0.25) is 0 Å². The lowest BCUT2D eigenvalue weighted by molar-refractivity contribution is -0.123. The first-order valence-electron chi connectivity index (χ1n) is 9.64. The number of amides is 1. The summed E-state index contributed by atoms with van der Waals surface area (Å²) in [6.45, 7) is 3.87. The van der Waals surface area contributed by atoms with Crippen LogP contribution in [0.4, 0.5) is 4.79 Å². The Balaban J connectivity index is 1.71. The average Bonchev–Trinajstić information content (AvgIpc) is 2.91. The van der Waals surface area contributed by atoms with Gasteiger partial charge in [-0.25, -0.2) is 4.79 Å². The summed E-state index contributed by atoms with van der Waals surface area (Å²) < 4.78 is 11.4. The van der Waals surface area contributed by atoms with Crippen LogP contribution < -0.4 is 0 Å². The van der Waals surface area contributed by atoms with Gasteiger partial charge in [-0.3, -0.25) is 4.90 Å². The van der Waals surface area contributed by atoms with E-state index >= 15 is 0 Å². The van der Waals surface area contributed by atoms with Crippen molar-refractivity contribution in [1.82, 2.24) is 4.90 Å². The molecule has 1 aromatic rings. The fourth-order valence-electron chi connectivity index (χ4n) is 4.28. The van der Waals surface area contributed by atoms with Gasteiger partial charge in [0, 0.05) is 0 Å². The van der Waals surface area contributed by atoms with Crippen LogP contribution in [0.1, 0.15) is 57.9 Å². The normalized spacial score (nSPS) is 25.8. The van der Waals surface area contributed by atoms with Gasteiger partial charge >= 0.3 is 6.09 Å². The molecule has 1 aliphatic carbocycles. The Morgan fingerprint density at radius 2 is 1.92 bits per heavy atom. The first-order valence-corrected chi connectivity index (χ1v) is 9.64. The lowest BCUT2D eigenvalue weighted by atomic mass is 9.83. The van der Waals surface area contributed by atoms with Crippen molar-refractivity contribution in [3.05, 3.63) is 35.9 Å². The van der Waals surface area contributed by atoms with Crippen LogP contribution >= 0.6 is 0 Å². The van der Waals surface area contributed by atoms with Crippen molar-refractivity contribution in [3.8, 4) is 0 Å². The smallest absolute Gasteiger partial charge is 0.412 e. The lowest BCUT2D eigenvalue weighted by Crippen LogP contribution is -2.49. The summed E-state index contributed by atoms with van der Waals surface area (Å²) in [4.78, 5) is 26.1. The van der Waals surface area contributed by atoms with Crippen molar-refractivity contribution >= 4 is 12.4 Å². The van der Waals surface area contributed by atoms with Gasteiger partial charge < -0.3 is 14.3 Å². The zero-order valence-corrected chi connectivity index (χ0v) is 15.7. The maximum atomic E-state index is 12.9. The van der Waals surface area contributed by atoms with Crippen molar-refractivity contribution < 1.29 is 19.1 Å². The largest absolute Gasteiger partial charge is 0.444 e. The van der Waals surface area contributed by atoms with Crippen LogP contribution in [0.25, 0.3) is 0 Å². The predicted octanol–water partition coefficient (Wildman–Crippen LogP) is 4.30. The molecule has 1 aliphatic heterocycles. The molecule has 0 radical (unpaired) electrons. The molecule has 2 fully saturated rings. The molecule has 2 aliphatic rings. The van der Waals surface area contributed by atoms with E-state index in [-0.39, 0.29) is 12.6 Å². The van der Waals surface area contributed by atoms with E-state index in [2.05, 4.69) is 0 Å². The molecule has 5 nitrogen and oxygen atoms in total. The van der Waals surface area contributed by atoms with Crippen LogP contribution in [0.3, 0.4) is 0 Å². The van der Waals surface area contributed by atoms with Crippen LogP contribution in [0, 0.1) is 5.92 Å². The molecular weight excluding hydrogens is 330 g/mol. The van der Waals surface area contributed by atoms with Gasteiger partial charge in [0.1, 0.15) is 18.4 Å². The number of hydrogen-bond acceptors (Lipinski definition) is 4. The molecule has 142 valence electrons. The van der Waals surface area contributed by atoms with Crippen LogP contribution in [-0.2, 0) is 20.9 Å². The number of nitrogens with zero attached hydrogens (tertiary/aromatic N) is 1. The van der Waals surface area contributed by atoms with Gasteiger partial charge in [0.05, 0.1) is 6.04 Å². The van der Waals surface area contributed by atoms with Crippen molar-refractivity contribution in [2.24, 2.45) is 5.92 Å². The zero-order chi connectivity index (χ0) is 18.6. The number of carbonyl (C=O) groups excluding carboxylic acids is 2. The monoisotopic (exact) mass is 359 g/mol. The van der Waals surface area contributed by atoms with Gasteiger partial charge in [0.25, 0.3) is 0 Å². The molecule has 1 saturated heterocycles. The molecule has 0 bridgehead atoms. The lowest BCUT2D eigenvalue weighted by Gasteiger charge is -2.34. The Kier molecular flexibility index (Phi) is 5.97. The quantitative estimate of drug-likeness (QED) is 0.736. The molecule has 1 saturated carbocycles. The summed E-state index contributed by atoms with van der Waals surface area (Å²) in [5, 5.41) is 0. The number of hydrogen-bond donors (Lipinski definition) is 0. The highest BCUT2D eigenvalue weighted by atomic mass is 16.6. The van der Waals surface area contributed by atoms with Crippen LogP contribution in [-0.4, -0.2) is 35.2 Å². The topological polar surface area (TPSA) is 55.8 Å². The molecule has 1 heterocycles. The van der Waals surface area contributed by atoms with Gasteiger partial charge in [0.15, 0.2) is 6.29 Å². The summed E-state index contributed by atoms with van der Waals surface area (Å²) >= 11 is 0. The summed E-state index contributed by atoms with van der Waals surface area (Å²) in [7, 11) is 0. The Morgan fingerprint density at radius 3 is 2.58 bits per heavy atom. The zero-order valence-electron chi connectivity index (χ0n) is 15.7. The highest BCUT2D eigenvalue weighted by molar-refractivity contribution is 5.71. The predicted molar refractivity (Wildman–Crippen MR) is 98.5 cm³/mol. The second kappa shape index (κ2) is 8.21.